The number of hydrogen-bond donors (Lipinski definition) is 1. The summed E-state index contributed by atoms with van der Waals surface area (Å²) in [4.78, 5) is 0. The molecule has 1 aliphatic heterocycles. The number of aryl methyl sites for hydroxylation is 1. The SMILES string of the molecule is CCc1ccc(C(NCC2CCOCC2)C(C)C)cc1. The third-order valence-electron chi connectivity index (χ3n) is 4.38. The Balaban J connectivity index is 1.94. The van der Waals surface area contributed by atoms with Gasteiger partial charge in [-0.3, -0.25) is 0 Å². The van der Waals surface area contributed by atoms with Crippen molar-refractivity contribution in [2.45, 2.75) is 46.1 Å². The van der Waals surface area contributed by atoms with Crippen LogP contribution in [-0.4, -0.2) is 19.8 Å². The topological polar surface area (TPSA) is 21.3 Å². The quantitative estimate of drug-likeness (QED) is 0.848. The molecule has 0 radical (unpaired) electrons. The minimum atomic E-state index is 0.462. The lowest BCUT2D eigenvalue weighted by atomic mass is 9.93. The van der Waals surface area contributed by atoms with Crippen molar-refractivity contribution in [3.63, 3.8) is 0 Å². The van der Waals surface area contributed by atoms with Crippen LogP contribution < -0.4 is 5.32 Å². The average molecular weight is 275 g/mol. The lowest BCUT2D eigenvalue weighted by molar-refractivity contribution is 0.0649. The van der Waals surface area contributed by atoms with Crippen LogP contribution in [0.5, 0.6) is 0 Å². The molecule has 0 aromatic heterocycles. The zero-order valence-electron chi connectivity index (χ0n) is 13.2. The Hall–Kier alpha value is -0.860. The van der Waals surface area contributed by atoms with Crippen LogP contribution in [0.4, 0.5) is 0 Å². The van der Waals surface area contributed by atoms with E-state index in [1.165, 1.54) is 24.0 Å². The number of nitrogens with one attached hydrogen (secondary N) is 1. The van der Waals surface area contributed by atoms with E-state index < -0.39 is 0 Å². The maximum atomic E-state index is 5.44. The molecule has 20 heavy (non-hydrogen) atoms. The van der Waals surface area contributed by atoms with Crippen molar-refractivity contribution >= 4 is 0 Å². The van der Waals surface area contributed by atoms with Crippen LogP contribution in [0.15, 0.2) is 24.3 Å². The largest absolute Gasteiger partial charge is 0.381 e. The molecule has 2 nitrogen and oxygen atoms in total. The Bertz CT molecular complexity index is 379. The van der Waals surface area contributed by atoms with Gasteiger partial charge >= 0.3 is 0 Å². The van der Waals surface area contributed by atoms with E-state index in [1.54, 1.807) is 0 Å². The van der Waals surface area contributed by atoms with Crippen LogP contribution in [0.2, 0.25) is 0 Å². The van der Waals surface area contributed by atoms with Gasteiger partial charge < -0.3 is 10.1 Å². The highest BCUT2D eigenvalue weighted by molar-refractivity contribution is 5.25. The highest BCUT2D eigenvalue weighted by atomic mass is 16.5. The fraction of sp³-hybridized carbons (Fsp3) is 0.667. The molecule has 1 heterocycles. The Labute approximate surface area is 123 Å². The van der Waals surface area contributed by atoms with Crippen molar-refractivity contribution in [2.75, 3.05) is 19.8 Å². The van der Waals surface area contributed by atoms with Crippen molar-refractivity contribution in [3.05, 3.63) is 35.4 Å². The molecule has 0 amide bonds. The molecule has 1 fully saturated rings. The fourth-order valence-electron chi connectivity index (χ4n) is 2.94. The molecule has 1 aromatic rings. The van der Waals surface area contributed by atoms with Crippen molar-refractivity contribution in [3.8, 4) is 0 Å². The number of benzene rings is 1. The monoisotopic (exact) mass is 275 g/mol. The zero-order chi connectivity index (χ0) is 14.4. The first kappa shape index (κ1) is 15.5. The molecule has 0 aliphatic carbocycles. The molecule has 1 unspecified atom stereocenters. The maximum absolute atomic E-state index is 5.44. The van der Waals surface area contributed by atoms with Crippen LogP contribution in [-0.2, 0) is 11.2 Å². The molecular weight excluding hydrogens is 246 g/mol. The second-order valence-corrected chi connectivity index (χ2v) is 6.28. The molecular formula is C18H29NO. The van der Waals surface area contributed by atoms with E-state index in [0.717, 1.165) is 32.1 Å². The van der Waals surface area contributed by atoms with Crippen molar-refractivity contribution in [1.82, 2.24) is 5.32 Å². The second-order valence-electron chi connectivity index (χ2n) is 6.28. The summed E-state index contributed by atoms with van der Waals surface area (Å²) in [7, 11) is 0. The van der Waals surface area contributed by atoms with Gasteiger partial charge in [0.1, 0.15) is 0 Å². The molecule has 1 saturated heterocycles. The molecule has 1 N–H and O–H groups in total. The molecule has 0 spiro atoms. The smallest absolute Gasteiger partial charge is 0.0469 e. The standard InChI is InChI=1S/C18H29NO/c1-4-15-5-7-17(8-6-15)18(14(2)3)19-13-16-9-11-20-12-10-16/h5-8,14,16,18-19H,4,9-13H2,1-3H3. The van der Waals surface area contributed by atoms with Gasteiger partial charge in [0.05, 0.1) is 0 Å². The molecule has 1 atom stereocenters. The van der Waals surface area contributed by atoms with E-state index in [0.29, 0.717) is 12.0 Å². The predicted molar refractivity (Wildman–Crippen MR) is 84.9 cm³/mol. The van der Waals surface area contributed by atoms with Gasteiger partial charge in [-0.05, 0) is 48.8 Å². The van der Waals surface area contributed by atoms with Gasteiger partial charge in [0.25, 0.3) is 0 Å². The highest BCUT2D eigenvalue weighted by Crippen LogP contribution is 2.23. The molecule has 0 bridgehead atoms. The molecule has 2 heteroatoms. The van der Waals surface area contributed by atoms with E-state index in [9.17, 15) is 0 Å². The second kappa shape index (κ2) is 7.80. The molecule has 112 valence electrons. The third-order valence-corrected chi connectivity index (χ3v) is 4.38. The van der Waals surface area contributed by atoms with Crippen molar-refractivity contribution < 1.29 is 4.74 Å². The third kappa shape index (κ3) is 4.32. The minimum absolute atomic E-state index is 0.462. The summed E-state index contributed by atoms with van der Waals surface area (Å²) < 4.78 is 5.44. The van der Waals surface area contributed by atoms with Crippen LogP contribution in [0, 0.1) is 11.8 Å². The molecule has 2 rings (SSSR count). The van der Waals surface area contributed by atoms with Crippen LogP contribution in [0.1, 0.15) is 50.8 Å². The normalized spacial score (nSPS) is 18.4. The zero-order valence-corrected chi connectivity index (χ0v) is 13.2. The van der Waals surface area contributed by atoms with Gasteiger partial charge in [0, 0.05) is 19.3 Å². The Kier molecular flexibility index (Phi) is 6.06. The first-order chi connectivity index (χ1) is 9.70. The van der Waals surface area contributed by atoms with Crippen molar-refractivity contribution in [1.29, 1.82) is 0 Å². The number of rotatable bonds is 6. The summed E-state index contributed by atoms with van der Waals surface area (Å²) in [5.74, 6) is 1.39. The summed E-state index contributed by atoms with van der Waals surface area (Å²) in [6.45, 7) is 9.79. The maximum Gasteiger partial charge on any atom is 0.0469 e. The van der Waals surface area contributed by atoms with Gasteiger partial charge in [-0.1, -0.05) is 45.0 Å². The summed E-state index contributed by atoms with van der Waals surface area (Å²) in [5, 5.41) is 3.79. The minimum Gasteiger partial charge on any atom is -0.381 e. The molecule has 1 aromatic carbocycles. The fourth-order valence-corrected chi connectivity index (χ4v) is 2.94. The number of hydrogen-bond acceptors (Lipinski definition) is 2. The summed E-state index contributed by atoms with van der Waals surface area (Å²) in [6, 6.07) is 9.58. The van der Waals surface area contributed by atoms with Crippen LogP contribution >= 0.6 is 0 Å². The van der Waals surface area contributed by atoms with Crippen LogP contribution in [0.25, 0.3) is 0 Å². The van der Waals surface area contributed by atoms with E-state index >= 15 is 0 Å². The molecule has 0 saturated carbocycles. The van der Waals surface area contributed by atoms with E-state index in [2.05, 4.69) is 50.4 Å². The van der Waals surface area contributed by atoms with Gasteiger partial charge in [-0.25, -0.2) is 0 Å². The van der Waals surface area contributed by atoms with E-state index in [-0.39, 0.29) is 0 Å². The van der Waals surface area contributed by atoms with Crippen molar-refractivity contribution in [2.24, 2.45) is 11.8 Å². The summed E-state index contributed by atoms with van der Waals surface area (Å²) >= 11 is 0. The van der Waals surface area contributed by atoms with Gasteiger partial charge in [0.2, 0.25) is 0 Å². The lowest BCUT2D eigenvalue weighted by Gasteiger charge is -2.28. The lowest BCUT2D eigenvalue weighted by Crippen LogP contribution is -2.33. The summed E-state index contributed by atoms with van der Waals surface area (Å²) in [6.07, 6.45) is 3.52. The van der Waals surface area contributed by atoms with E-state index in [1.807, 2.05) is 0 Å². The Morgan fingerprint density at radius 1 is 1.15 bits per heavy atom. The Morgan fingerprint density at radius 2 is 1.80 bits per heavy atom. The molecule has 1 aliphatic rings. The van der Waals surface area contributed by atoms with Crippen LogP contribution in [0.3, 0.4) is 0 Å². The first-order valence-electron chi connectivity index (χ1n) is 8.10. The van der Waals surface area contributed by atoms with E-state index in [4.69, 9.17) is 4.74 Å². The average Bonchev–Trinajstić information content (AvgIpc) is 2.49. The predicted octanol–water partition coefficient (Wildman–Crippen LogP) is 3.96. The van der Waals surface area contributed by atoms with Gasteiger partial charge in [-0.2, -0.15) is 0 Å². The van der Waals surface area contributed by atoms with Gasteiger partial charge in [-0.15, -0.1) is 0 Å². The number of ether oxygens (including phenoxy) is 1. The first-order valence-corrected chi connectivity index (χ1v) is 8.10. The summed E-state index contributed by atoms with van der Waals surface area (Å²) in [5.41, 5.74) is 2.84. The van der Waals surface area contributed by atoms with Gasteiger partial charge in [0.15, 0.2) is 0 Å². The highest BCUT2D eigenvalue weighted by Gasteiger charge is 2.19. The Morgan fingerprint density at radius 3 is 2.35 bits per heavy atom.